The number of ether oxygens (including phenoxy) is 3. The Labute approximate surface area is 164 Å². The van der Waals surface area contributed by atoms with Gasteiger partial charge in [-0.25, -0.2) is 9.97 Å². The number of aryl methyl sites for hydroxylation is 1. The molecule has 4 rings (SSSR count). The molecule has 28 heavy (non-hydrogen) atoms. The van der Waals surface area contributed by atoms with Gasteiger partial charge in [0, 0.05) is 61.9 Å². The fourth-order valence-corrected chi connectivity index (χ4v) is 3.50. The molecule has 7 nitrogen and oxygen atoms in total. The van der Waals surface area contributed by atoms with E-state index in [1.54, 1.807) is 18.3 Å². The van der Waals surface area contributed by atoms with Crippen LogP contribution in [0.3, 0.4) is 0 Å². The number of amides is 1. The van der Waals surface area contributed by atoms with Gasteiger partial charge in [-0.3, -0.25) is 4.79 Å². The lowest BCUT2D eigenvalue weighted by molar-refractivity contribution is 0.0586. The van der Waals surface area contributed by atoms with E-state index in [-0.39, 0.29) is 18.1 Å². The van der Waals surface area contributed by atoms with Gasteiger partial charge in [0.1, 0.15) is 12.2 Å². The highest BCUT2D eigenvalue weighted by Gasteiger charge is 2.26. The number of hydrogen-bond acceptors (Lipinski definition) is 6. The van der Waals surface area contributed by atoms with Gasteiger partial charge in [-0.1, -0.05) is 6.07 Å². The molecule has 148 valence electrons. The summed E-state index contributed by atoms with van der Waals surface area (Å²) in [4.78, 5) is 23.3. The van der Waals surface area contributed by atoms with Gasteiger partial charge < -0.3 is 19.1 Å². The van der Waals surface area contributed by atoms with Crippen molar-refractivity contribution in [1.82, 2.24) is 14.9 Å². The van der Waals surface area contributed by atoms with Crippen LogP contribution in [0.15, 0.2) is 36.5 Å². The van der Waals surface area contributed by atoms with Gasteiger partial charge in [-0.2, -0.15) is 0 Å². The molecule has 2 aliphatic heterocycles. The maximum atomic E-state index is 12.9. The standard InChI is InChI=1S/C21H25N3O4/c1-15-3-2-4-19(23-15)27-17-6-10-24(11-7-17)21(25)16-5-9-22-20(13-16)28-18-8-12-26-14-18/h2-5,9,13,17-18H,6-8,10-12,14H2,1H3. The van der Waals surface area contributed by atoms with Crippen molar-refractivity contribution < 1.29 is 19.0 Å². The maximum Gasteiger partial charge on any atom is 0.254 e. The summed E-state index contributed by atoms with van der Waals surface area (Å²) < 4.78 is 17.1. The molecular formula is C21H25N3O4. The molecule has 0 spiro atoms. The lowest BCUT2D eigenvalue weighted by Crippen LogP contribution is -2.41. The van der Waals surface area contributed by atoms with Crippen molar-refractivity contribution >= 4 is 5.91 Å². The molecule has 1 unspecified atom stereocenters. The summed E-state index contributed by atoms with van der Waals surface area (Å²) in [6.45, 7) is 4.54. The minimum absolute atomic E-state index is 0.00190. The van der Waals surface area contributed by atoms with Crippen LogP contribution in [0.4, 0.5) is 0 Å². The molecule has 2 fully saturated rings. The fourth-order valence-electron chi connectivity index (χ4n) is 3.50. The Morgan fingerprint density at radius 2 is 1.93 bits per heavy atom. The van der Waals surface area contributed by atoms with E-state index < -0.39 is 0 Å². The highest BCUT2D eigenvalue weighted by molar-refractivity contribution is 5.94. The molecule has 0 aliphatic carbocycles. The van der Waals surface area contributed by atoms with Crippen molar-refractivity contribution in [2.24, 2.45) is 0 Å². The molecule has 0 aromatic carbocycles. The number of carbonyl (C=O) groups is 1. The van der Waals surface area contributed by atoms with Crippen LogP contribution < -0.4 is 9.47 Å². The summed E-state index contributed by atoms with van der Waals surface area (Å²) in [7, 11) is 0. The number of likely N-dealkylation sites (tertiary alicyclic amines) is 1. The van der Waals surface area contributed by atoms with Crippen molar-refractivity contribution in [2.75, 3.05) is 26.3 Å². The predicted octanol–water partition coefficient (Wildman–Crippen LogP) is 2.64. The number of rotatable bonds is 5. The molecule has 0 N–H and O–H groups in total. The van der Waals surface area contributed by atoms with E-state index in [9.17, 15) is 4.79 Å². The SMILES string of the molecule is Cc1cccc(OC2CCN(C(=O)c3ccnc(OC4CCOC4)c3)CC2)n1. The third-order valence-electron chi connectivity index (χ3n) is 5.04. The summed E-state index contributed by atoms with van der Waals surface area (Å²) in [6, 6.07) is 9.22. The Morgan fingerprint density at radius 1 is 1.11 bits per heavy atom. The number of nitrogens with zero attached hydrogens (tertiary/aromatic N) is 3. The minimum atomic E-state index is 0.00190. The molecule has 7 heteroatoms. The van der Waals surface area contributed by atoms with Crippen LogP contribution in [0.1, 0.15) is 35.3 Å². The molecule has 2 saturated heterocycles. The van der Waals surface area contributed by atoms with Crippen molar-refractivity contribution in [1.29, 1.82) is 0 Å². The van der Waals surface area contributed by atoms with Crippen LogP contribution in [-0.4, -0.2) is 59.3 Å². The van der Waals surface area contributed by atoms with Crippen LogP contribution in [0, 0.1) is 6.92 Å². The van der Waals surface area contributed by atoms with Gasteiger partial charge in [0.15, 0.2) is 0 Å². The Morgan fingerprint density at radius 3 is 2.68 bits per heavy atom. The van der Waals surface area contributed by atoms with E-state index in [0.717, 1.165) is 25.0 Å². The molecule has 0 radical (unpaired) electrons. The normalized spacial score (nSPS) is 20.2. The van der Waals surface area contributed by atoms with Crippen LogP contribution in [0.25, 0.3) is 0 Å². The average molecular weight is 383 g/mol. The van der Waals surface area contributed by atoms with E-state index >= 15 is 0 Å². The third-order valence-corrected chi connectivity index (χ3v) is 5.04. The number of pyridine rings is 2. The Bertz CT molecular complexity index is 815. The summed E-state index contributed by atoms with van der Waals surface area (Å²) >= 11 is 0. The minimum Gasteiger partial charge on any atom is -0.474 e. The second-order valence-electron chi connectivity index (χ2n) is 7.21. The van der Waals surface area contributed by atoms with E-state index in [0.29, 0.717) is 43.6 Å². The molecule has 2 aromatic rings. The molecular weight excluding hydrogens is 358 g/mol. The summed E-state index contributed by atoms with van der Waals surface area (Å²) in [6.07, 6.45) is 4.14. The van der Waals surface area contributed by atoms with Crippen molar-refractivity contribution in [2.45, 2.75) is 38.4 Å². The van der Waals surface area contributed by atoms with Crippen molar-refractivity contribution in [3.63, 3.8) is 0 Å². The van der Waals surface area contributed by atoms with E-state index in [1.807, 2.05) is 30.0 Å². The van der Waals surface area contributed by atoms with Crippen LogP contribution in [-0.2, 0) is 4.74 Å². The number of carbonyl (C=O) groups excluding carboxylic acids is 1. The number of aromatic nitrogens is 2. The molecule has 0 bridgehead atoms. The lowest BCUT2D eigenvalue weighted by atomic mass is 10.1. The zero-order valence-electron chi connectivity index (χ0n) is 16.0. The number of hydrogen-bond donors (Lipinski definition) is 0. The zero-order chi connectivity index (χ0) is 19.3. The largest absolute Gasteiger partial charge is 0.474 e. The van der Waals surface area contributed by atoms with Gasteiger partial charge in [0.2, 0.25) is 11.8 Å². The quantitative estimate of drug-likeness (QED) is 0.790. The van der Waals surface area contributed by atoms with Crippen LogP contribution >= 0.6 is 0 Å². The van der Waals surface area contributed by atoms with E-state index in [1.165, 1.54) is 0 Å². The van der Waals surface area contributed by atoms with E-state index in [4.69, 9.17) is 14.2 Å². The topological polar surface area (TPSA) is 73.8 Å². The molecule has 1 atom stereocenters. The molecule has 2 aliphatic rings. The van der Waals surface area contributed by atoms with Crippen molar-refractivity contribution in [3.05, 3.63) is 47.8 Å². The van der Waals surface area contributed by atoms with Gasteiger partial charge in [0.05, 0.1) is 13.2 Å². The third kappa shape index (κ3) is 4.59. The molecule has 2 aromatic heterocycles. The second kappa shape index (κ2) is 8.56. The number of piperidine rings is 1. The second-order valence-corrected chi connectivity index (χ2v) is 7.21. The molecule has 1 amide bonds. The summed E-state index contributed by atoms with van der Waals surface area (Å²) in [5.74, 6) is 1.13. The first-order valence-corrected chi connectivity index (χ1v) is 9.77. The van der Waals surface area contributed by atoms with Crippen molar-refractivity contribution in [3.8, 4) is 11.8 Å². The summed E-state index contributed by atoms with van der Waals surface area (Å²) in [5.41, 5.74) is 1.54. The predicted molar refractivity (Wildman–Crippen MR) is 103 cm³/mol. The molecule has 0 saturated carbocycles. The van der Waals surface area contributed by atoms with Gasteiger partial charge in [-0.15, -0.1) is 0 Å². The lowest BCUT2D eigenvalue weighted by Gasteiger charge is -2.32. The maximum absolute atomic E-state index is 12.9. The van der Waals surface area contributed by atoms with Gasteiger partial charge >= 0.3 is 0 Å². The van der Waals surface area contributed by atoms with Crippen LogP contribution in [0.2, 0.25) is 0 Å². The first-order valence-electron chi connectivity index (χ1n) is 9.77. The Balaban J connectivity index is 1.32. The summed E-state index contributed by atoms with van der Waals surface area (Å²) in [5, 5.41) is 0. The smallest absolute Gasteiger partial charge is 0.254 e. The van der Waals surface area contributed by atoms with Crippen LogP contribution in [0.5, 0.6) is 11.8 Å². The highest BCUT2D eigenvalue weighted by Crippen LogP contribution is 2.21. The molecule has 4 heterocycles. The first kappa shape index (κ1) is 18.7. The zero-order valence-corrected chi connectivity index (χ0v) is 16.0. The Kier molecular flexibility index (Phi) is 5.71. The monoisotopic (exact) mass is 383 g/mol. The van der Waals surface area contributed by atoms with Gasteiger partial charge in [0.25, 0.3) is 5.91 Å². The first-order chi connectivity index (χ1) is 13.7. The average Bonchev–Trinajstić information content (AvgIpc) is 3.21. The van der Waals surface area contributed by atoms with E-state index in [2.05, 4.69) is 9.97 Å². The fraction of sp³-hybridized carbons (Fsp3) is 0.476. The highest BCUT2D eigenvalue weighted by atomic mass is 16.5. The van der Waals surface area contributed by atoms with Gasteiger partial charge in [-0.05, 0) is 19.1 Å². The Hall–Kier alpha value is -2.67.